The van der Waals surface area contributed by atoms with Crippen LogP contribution < -0.4 is 10.1 Å². The van der Waals surface area contributed by atoms with Gasteiger partial charge in [0.2, 0.25) is 0 Å². The Hall–Kier alpha value is -3.66. The van der Waals surface area contributed by atoms with Gasteiger partial charge in [0.1, 0.15) is 5.75 Å². The summed E-state index contributed by atoms with van der Waals surface area (Å²) in [7, 11) is 1.30. The maximum absolute atomic E-state index is 14.7. The molecule has 0 amide bonds. The molecule has 1 unspecified atom stereocenters. The highest BCUT2D eigenvalue weighted by molar-refractivity contribution is 9.11. The van der Waals surface area contributed by atoms with Crippen LogP contribution in [0.4, 0.5) is 18.9 Å². The summed E-state index contributed by atoms with van der Waals surface area (Å²) in [5.74, 6) is 8.22. The van der Waals surface area contributed by atoms with Crippen molar-refractivity contribution in [2.24, 2.45) is 0 Å². The SMILES string of the molecule is CCOC(=O)C(C#CC#Cc1c2ccccc2cc2ccccc12)(Nc1c(Br)cc(Br)cc1OC)C(F)(F)F. The molecule has 4 rings (SSSR count). The number of hydrogen-bond acceptors (Lipinski definition) is 4. The van der Waals surface area contributed by atoms with E-state index in [1.165, 1.54) is 26.2 Å². The first-order valence-electron chi connectivity index (χ1n) is 11.6. The van der Waals surface area contributed by atoms with Gasteiger partial charge in [-0.15, -0.1) is 0 Å². The maximum atomic E-state index is 14.7. The monoisotopic (exact) mass is 657 g/mol. The van der Waals surface area contributed by atoms with Crippen LogP contribution in [0.2, 0.25) is 0 Å². The Kier molecular flexibility index (Phi) is 8.44. The largest absolute Gasteiger partial charge is 0.495 e. The lowest BCUT2D eigenvalue weighted by atomic mass is 9.97. The molecule has 0 heterocycles. The normalized spacial score (nSPS) is 12.5. The van der Waals surface area contributed by atoms with Gasteiger partial charge in [-0.1, -0.05) is 70.4 Å². The Balaban J connectivity index is 1.89. The zero-order valence-corrected chi connectivity index (χ0v) is 23.8. The number of anilines is 1. The minimum absolute atomic E-state index is 0.0456. The van der Waals surface area contributed by atoms with Crippen LogP contribution in [0.25, 0.3) is 21.5 Å². The smallest absolute Gasteiger partial charge is 0.434 e. The number of methoxy groups -OCH3 is 1. The third-order valence-corrected chi connectivity index (χ3v) is 6.91. The van der Waals surface area contributed by atoms with Gasteiger partial charge in [-0.25, -0.2) is 4.79 Å². The molecule has 0 radical (unpaired) electrons. The quantitative estimate of drug-likeness (QED) is 0.135. The van der Waals surface area contributed by atoms with Crippen molar-refractivity contribution in [3.8, 4) is 29.4 Å². The van der Waals surface area contributed by atoms with Crippen molar-refractivity contribution >= 4 is 65.1 Å². The summed E-state index contributed by atoms with van der Waals surface area (Å²) in [5, 5.41) is 5.78. The summed E-state index contributed by atoms with van der Waals surface area (Å²) in [6.45, 7) is 1.13. The van der Waals surface area contributed by atoms with Crippen molar-refractivity contribution in [3.63, 3.8) is 0 Å². The third kappa shape index (κ3) is 5.71. The first-order chi connectivity index (χ1) is 18.6. The van der Waals surface area contributed by atoms with E-state index in [4.69, 9.17) is 9.47 Å². The van der Waals surface area contributed by atoms with E-state index >= 15 is 0 Å². The summed E-state index contributed by atoms with van der Waals surface area (Å²) < 4.78 is 54.9. The lowest BCUT2D eigenvalue weighted by Crippen LogP contribution is -2.58. The van der Waals surface area contributed by atoms with Gasteiger partial charge in [0.05, 0.1) is 19.4 Å². The molecule has 0 aliphatic rings. The average molecular weight is 659 g/mol. The Morgan fingerprint density at radius 2 is 1.56 bits per heavy atom. The first kappa shape index (κ1) is 28.4. The van der Waals surface area contributed by atoms with E-state index in [9.17, 15) is 18.0 Å². The van der Waals surface area contributed by atoms with Gasteiger partial charge in [-0.2, -0.15) is 13.2 Å². The van der Waals surface area contributed by atoms with E-state index in [1.54, 1.807) is 0 Å². The van der Waals surface area contributed by atoms with E-state index < -0.39 is 17.7 Å². The molecule has 0 aliphatic heterocycles. The number of carbonyl (C=O) groups excluding carboxylic acids is 1. The van der Waals surface area contributed by atoms with Gasteiger partial charge in [0, 0.05) is 14.5 Å². The van der Waals surface area contributed by atoms with Gasteiger partial charge >= 0.3 is 12.1 Å². The molecular formula is C30H20Br2F3NO3. The predicted molar refractivity (Wildman–Crippen MR) is 154 cm³/mol. The van der Waals surface area contributed by atoms with Crippen LogP contribution in [0.1, 0.15) is 12.5 Å². The summed E-state index contributed by atoms with van der Waals surface area (Å²) in [6.07, 6.45) is -5.18. The van der Waals surface area contributed by atoms with Gasteiger partial charge in [0.25, 0.3) is 5.54 Å². The van der Waals surface area contributed by atoms with Crippen LogP contribution in [-0.4, -0.2) is 31.4 Å². The van der Waals surface area contributed by atoms with Gasteiger partial charge < -0.3 is 14.8 Å². The van der Waals surface area contributed by atoms with E-state index in [2.05, 4.69) is 54.9 Å². The zero-order chi connectivity index (χ0) is 28.2. The van der Waals surface area contributed by atoms with Crippen LogP contribution >= 0.6 is 31.9 Å². The van der Waals surface area contributed by atoms with Crippen LogP contribution in [0.5, 0.6) is 5.75 Å². The number of rotatable bonds is 5. The average Bonchev–Trinajstić information content (AvgIpc) is 2.90. The Morgan fingerprint density at radius 1 is 0.949 bits per heavy atom. The second kappa shape index (κ2) is 11.6. The molecule has 4 aromatic carbocycles. The lowest BCUT2D eigenvalue weighted by molar-refractivity contribution is -0.188. The first-order valence-corrected chi connectivity index (χ1v) is 13.2. The van der Waals surface area contributed by atoms with E-state index in [-0.39, 0.29) is 22.5 Å². The van der Waals surface area contributed by atoms with Gasteiger partial charge in [-0.05, 0) is 80.4 Å². The molecule has 1 N–H and O–H groups in total. The number of ether oxygens (including phenoxy) is 2. The maximum Gasteiger partial charge on any atom is 0.434 e. The Morgan fingerprint density at radius 3 is 2.13 bits per heavy atom. The van der Waals surface area contributed by atoms with Crippen LogP contribution in [0.3, 0.4) is 0 Å². The molecule has 0 aliphatic carbocycles. The number of fused-ring (bicyclic) bond motifs is 2. The molecule has 4 aromatic rings. The third-order valence-electron chi connectivity index (χ3n) is 5.83. The molecule has 0 bridgehead atoms. The van der Waals surface area contributed by atoms with Gasteiger partial charge in [-0.3, -0.25) is 0 Å². The zero-order valence-electron chi connectivity index (χ0n) is 20.7. The molecule has 4 nitrogen and oxygen atoms in total. The number of benzene rings is 4. The Bertz CT molecular complexity index is 1640. The molecule has 39 heavy (non-hydrogen) atoms. The van der Waals surface area contributed by atoms with Crippen molar-refractivity contribution in [1.29, 1.82) is 0 Å². The second-order valence-corrected chi connectivity index (χ2v) is 10.0. The van der Waals surface area contributed by atoms with Crippen molar-refractivity contribution in [2.75, 3.05) is 19.0 Å². The summed E-state index contributed by atoms with van der Waals surface area (Å²) >= 11 is 6.51. The lowest BCUT2D eigenvalue weighted by Gasteiger charge is -2.31. The molecule has 0 fully saturated rings. The standard InChI is InChI=1S/C30H20Br2F3NO3/c1-3-39-28(37)29(30(33,34)35,36-27-25(32)17-21(31)18-26(27)38-2)15-9-8-14-24-22-12-6-4-10-19(22)16-20-11-5-7-13-23(20)24/h4-7,10-13,16-18,36H,3H2,1-2H3. The fraction of sp³-hybridized carbons (Fsp3) is 0.167. The molecule has 198 valence electrons. The van der Waals surface area contributed by atoms with Gasteiger partial charge in [0.15, 0.2) is 0 Å². The van der Waals surface area contributed by atoms with E-state index in [0.29, 0.717) is 10.0 Å². The summed E-state index contributed by atoms with van der Waals surface area (Å²) in [4.78, 5) is 12.9. The van der Waals surface area contributed by atoms with Crippen LogP contribution in [0.15, 0.2) is 75.7 Å². The van der Waals surface area contributed by atoms with Crippen molar-refractivity contribution in [2.45, 2.75) is 18.6 Å². The number of esters is 1. The van der Waals surface area contributed by atoms with Crippen molar-refractivity contribution < 1.29 is 27.4 Å². The molecular weight excluding hydrogens is 639 g/mol. The van der Waals surface area contributed by atoms with Crippen LogP contribution in [0, 0.1) is 23.7 Å². The number of nitrogens with one attached hydrogen (secondary N) is 1. The molecule has 0 saturated carbocycles. The summed E-state index contributed by atoms with van der Waals surface area (Å²) in [5.41, 5.74) is -2.94. The predicted octanol–water partition coefficient (Wildman–Crippen LogP) is 7.86. The molecule has 0 aromatic heterocycles. The molecule has 9 heteroatoms. The Labute approximate surface area is 240 Å². The molecule has 0 saturated heterocycles. The fourth-order valence-corrected chi connectivity index (χ4v) is 5.30. The highest BCUT2D eigenvalue weighted by atomic mass is 79.9. The number of alkyl halides is 3. The van der Waals surface area contributed by atoms with E-state index in [1.807, 2.05) is 60.5 Å². The fourth-order valence-electron chi connectivity index (χ4n) is 4.02. The second-order valence-electron chi connectivity index (χ2n) is 8.25. The highest BCUT2D eigenvalue weighted by Gasteiger charge is 2.62. The van der Waals surface area contributed by atoms with Crippen molar-refractivity contribution in [1.82, 2.24) is 0 Å². The highest BCUT2D eigenvalue weighted by Crippen LogP contribution is 2.42. The summed E-state index contributed by atoms with van der Waals surface area (Å²) in [6, 6.07) is 20.1. The minimum Gasteiger partial charge on any atom is -0.495 e. The number of halogens is 5. The van der Waals surface area contributed by atoms with Crippen molar-refractivity contribution in [3.05, 3.63) is 81.2 Å². The van der Waals surface area contributed by atoms with Crippen LogP contribution in [-0.2, 0) is 9.53 Å². The minimum atomic E-state index is -5.18. The van der Waals surface area contributed by atoms with E-state index in [0.717, 1.165) is 21.5 Å². The number of hydrogen-bond donors (Lipinski definition) is 1. The number of carbonyl (C=O) groups is 1. The molecule has 1 atom stereocenters. The molecule has 0 spiro atoms. The topological polar surface area (TPSA) is 47.6 Å².